The Hall–Kier alpha value is -3.08. The number of carbonyl (C=O) groups is 2. The van der Waals surface area contributed by atoms with Gasteiger partial charge in [0.05, 0.1) is 41.0 Å². The Labute approximate surface area is 214 Å². The van der Waals surface area contributed by atoms with E-state index in [9.17, 15) is 19.8 Å². The molecule has 36 heavy (non-hydrogen) atoms. The maximum Gasteiger partial charge on any atom is 0.248 e. The molecule has 0 saturated carbocycles. The van der Waals surface area contributed by atoms with Gasteiger partial charge in [-0.15, -0.1) is 11.3 Å². The van der Waals surface area contributed by atoms with Gasteiger partial charge in [0, 0.05) is 19.2 Å². The molecule has 9 nitrogen and oxygen atoms in total. The monoisotopic (exact) mass is 511 g/mol. The van der Waals surface area contributed by atoms with Crippen molar-refractivity contribution in [3.05, 3.63) is 59.0 Å². The molecule has 3 heterocycles. The number of aryl methyl sites for hydroxylation is 1. The van der Waals surface area contributed by atoms with Gasteiger partial charge in [0.2, 0.25) is 11.8 Å². The second kappa shape index (κ2) is 10.9. The van der Waals surface area contributed by atoms with E-state index in [-0.39, 0.29) is 43.3 Å². The first-order valence-electron chi connectivity index (χ1n) is 12.1. The number of nitrogens with one attached hydrogen (secondary N) is 1. The van der Waals surface area contributed by atoms with E-state index in [0.29, 0.717) is 5.69 Å². The molecule has 1 fully saturated rings. The molecule has 1 saturated heterocycles. The molecule has 2 amide bonds. The van der Waals surface area contributed by atoms with E-state index in [1.807, 2.05) is 58.2 Å². The topological polar surface area (TPSA) is 121 Å². The van der Waals surface area contributed by atoms with Crippen molar-refractivity contribution in [3.8, 4) is 10.4 Å². The van der Waals surface area contributed by atoms with Crippen molar-refractivity contribution in [1.82, 2.24) is 25.0 Å². The second-order valence-corrected chi connectivity index (χ2v) is 10.6. The van der Waals surface area contributed by atoms with Crippen LogP contribution in [0.25, 0.3) is 10.4 Å². The molecule has 4 atom stereocenters. The number of aliphatic hydroxyl groups is 2. The SMILES string of the molecule is Cc1cnn([C@H](C(=O)N2C[C@H](O)C[C@H]2C(=O)N[C@@H](C)c2ccc(-c3scnc3CO)cc2)C(C)C)c1. The highest BCUT2D eigenvalue weighted by Crippen LogP contribution is 2.30. The second-order valence-electron chi connectivity index (χ2n) is 9.72. The summed E-state index contributed by atoms with van der Waals surface area (Å²) in [6, 6.07) is 6.15. The van der Waals surface area contributed by atoms with E-state index in [4.69, 9.17) is 0 Å². The zero-order valence-corrected chi connectivity index (χ0v) is 21.8. The summed E-state index contributed by atoms with van der Waals surface area (Å²) in [6.45, 7) is 7.70. The first-order chi connectivity index (χ1) is 17.2. The third-order valence-electron chi connectivity index (χ3n) is 6.59. The van der Waals surface area contributed by atoms with Gasteiger partial charge in [0.15, 0.2) is 0 Å². The van der Waals surface area contributed by atoms with Crippen molar-refractivity contribution in [2.45, 2.75) is 65.0 Å². The minimum absolute atomic E-state index is 0.0411. The van der Waals surface area contributed by atoms with E-state index in [2.05, 4.69) is 15.4 Å². The molecule has 192 valence electrons. The maximum absolute atomic E-state index is 13.6. The number of benzene rings is 1. The fourth-order valence-electron chi connectivity index (χ4n) is 4.70. The number of nitrogens with zero attached hydrogens (tertiary/aromatic N) is 4. The third-order valence-corrected chi connectivity index (χ3v) is 7.51. The molecule has 1 aliphatic rings. The summed E-state index contributed by atoms with van der Waals surface area (Å²) in [6.07, 6.45) is 2.97. The maximum atomic E-state index is 13.6. The molecule has 3 aromatic rings. The number of β-amino-alcohol motifs (C(OH)–C–C–N with tert-alkyl or cyclic N) is 1. The average Bonchev–Trinajstić information content (AvgIpc) is 3.58. The summed E-state index contributed by atoms with van der Waals surface area (Å²) in [5, 5.41) is 27.2. The number of hydrogen-bond donors (Lipinski definition) is 3. The summed E-state index contributed by atoms with van der Waals surface area (Å²) in [4.78, 5) is 33.4. The van der Waals surface area contributed by atoms with Gasteiger partial charge < -0.3 is 20.4 Å². The van der Waals surface area contributed by atoms with Crippen LogP contribution in [0, 0.1) is 12.8 Å². The highest BCUT2D eigenvalue weighted by molar-refractivity contribution is 7.13. The Bertz CT molecular complexity index is 1210. The lowest BCUT2D eigenvalue weighted by atomic mass is 10.0. The van der Waals surface area contributed by atoms with Crippen molar-refractivity contribution in [1.29, 1.82) is 0 Å². The summed E-state index contributed by atoms with van der Waals surface area (Å²) in [5.74, 6) is -0.549. The summed E-state index contributed by atoms with van der Waals surface area (Å²) in [7, 11) is 0. The Balaban J connectivity index is 1.47. The van der Waals surface area contributed by atoms with Gasteiger partial charge in [-0.05, 0) is 36.5 Å². The number of amides is 2. The number of aliphatic hydroxyl groups excluding tert-OH is 2. The van der Waals surface area contributed by atoms with Crippen LogP contribution >= 0.6 is 11.3 Å². The van der Waals surface area contributed by atoms with Crippen molar-refractivity contribution in [2.24, 2.45) is 5.92 Å². The lowest BCUT2D eigenvalue weighted by Gasteiger charge is -2.30. The number of carbonyl (C=O) groups excluding carboxylic acids is 2. The third kappa shape index (κ3) is 5.35. The predicted octanol–water partition coefficient (Wildman–Crippen LogP) is 2.84. The van der Waals surface area contributed by atoms with Crippen molar-refractivity contribution < 1.29 is 19.8 Å². The molecular formula is C26H33N5O4S. The molecule has 0 bridgehead atoms. The van der Waals surface area contributed by atoms with E-state index in [1.165, 1.54) is 16.2 Å². The molecular weight excluding hydrogens is 478 g/mol. The average molecular weight is 512 g/mol. The zero-order chi connectivity index (χ0) is 26.0. The smallest absolute Gasteiger partial charge is 0.248 e. The quantitative estimate of drug-likeness (QED) is 0.428. The number of likely N-dealkylation sites (tertiary alicyclic amines) is 1. The summed E-state index contributed by atoms with van der Waals surface area (Å²) >= 11 is 1.47. The van der Waals surface area contributed by atoms with Gasteiger partial charge in [-0.25, -0.2) is 4.98 Å². The standard InChI is InChI=1S/C26H33N5O4S/c1-15(2)23(31-11-16(3)10-28-31)26(35)30-12-20(33)9-22(30)25(34)29-17(4)18-5-7-19(8-6-18)24-21(13-32)27-14-36-24/h5-8,10-11,14-15,17,20,22-23,32-33H,9,12-13H2,1-4H3,(H,29,34)/t17-,20+,22-,23-/m0/s1. The Morgan fingerprint density at radius 1 is 1.22 bits per heavy atom. The van der Waals surface area contributed by atoms with Crippen LogP contribution in [-0.2, 0) is 16.2 Å². The molecule has 4 rings (SSSR count). The molecule has 1 aromatic carbocycles. The lowest BCUT2D eigenvalue weighted by Crippen LogP contribution is -2.49. The number of aromatic nitrogens is 3. The molecule has 2 aromatic heterocycles. The van der Waals surface area contributed by atoms with Crippen molar-refractivity contribution in [2.75, 3.05) is 6.54 Å². The van der Waals surface area contributed by atoms with Crippen molar-refractivity contribution >= 4 is 23.2 Å². The van der Waals surface area contributed by atoms with Crippen LogP contribution in [0.2, 0.25) is 0 Å². The zero-order valence-electron chi connectivity index (χ0n) is 21.0. The van der Waals surface area contributed by atoms with Crippen LogP contribution in [0.3, 0.4) is 0 Å². The van der Waals surface area contributed by atoms with Gasteiger partial charge in [-0.3, -0.25) is 14.3 Å². The van der Waals surface area contributed by atoms with Gasteiger partial charge in [-0.1, -0.05) is 38.1 Å². The van der Waals surface area contributed by atoms with Crippen LogP contribution in [0.5, 0.6) is 0 Å². The van der Waals surface area contributed by atoms with E-state index >= 15 is 0 Å². The number of rotatable bonds is 8. The van der Waals surface area contributed by atoms with Crippen LogP contribution in [0.4, 0.5) is 0 Å². The lowest BCUT2D eigenvalue weighted by molar-refractivity contribution is -0.142. The van der Waals surface area contributed by atoms with Gasteiger partial charge in [-0.2, -0.15) is 5.10 Å². The Kier molecular flexibility index (Phi) is 7.87. The molecule has 0 aliphatic carbocycles. The normalized spacial score (nSPS) is 19.5. The Morgan fingerprint density at radius 3 is 2.56 bits per heavy atom. The van der Waals surface area contributed by atoms with Crippen molar-refractivity contribution in [3.63, 3.8) is 0 Å². The summed E-state index contributed by atoms with van der Waals surface area (Å²) in [5.41, 5.74) is 5.16. The fraction of sp³-hybridized carbons (Fsp3) is 0.462. The fourth-order valence-corrected chi connectivity index (χ4v) is 5.51. The largest absolute Gasteiger partial charge is 0.391 e. The van der Waals surface area contributed by atoms with E-state index < -0.39 is 18.2 Å². The number of thiazole rings is 1. The first-order valence-corrected chi connectivity index (χ1v) is 13.0. The van der Waals surface area contributed by atoms with Gasteiger partial charge in [0.1, 0.15) is 12.1 Å². The highest BCUT2D eigenvalue weighted by atomic mass is 32.1. The molecule has 0 spiro atoms. The van der Waals surface area contributed by atoms with Gasteiger partial charge in [0.25, 0.3) is 0 Å². The predicted molar refractivity (Wildman–Crippen MR) is 137 cm³/mol. The highest BCUT2D eigenvalue weighted by Gasteiger charge is 2.42. The minimum atomic E-state index is -0.758. The van der Waals surface area contributed by atoms with Crippen LogP contribution < -0.4 is 5.32 Å². The van der Waals surface area contributed by atoms with Gasteiger partial charge >= 0.3 is 0 Å². The first kappa shape index (κ1) is 26.0. The van der Waals surface area contributed by atoms with Crippen LogP contribution in [-0.4, -0.2) is 60.4 Å². The van der Waals surface area contributed by atoms with E-state index in [0.717, 1.165) is 21.6 Å². The van der Waals surface area contributed by atoms with Crippen LogP contribution in [0.1, 0.15) is 56.1 Å². The van der Waals surface area contributed by atoms with Crippen LogP contribution in [0.15, 0.2) is 42.2 Å². The Morgan fingerprint density at radius 2 is 1.94 bits per heavy atom. The molecule has 10 heteroatoms. The van der Waals surface area contributed by atoms with E-state index in [1.54, 1.807) is 16.4 Å². The molecule has 3 N–H and O–H groups in total. The number of hydrogen-bond acceptors (Lipinski definition) is 7. The molecule has 0 radical (unpaired) electrons. The molecule has 0 unspecified atom stereocenters. The molecule has 1 aliphatic heterocycles. The minimum Gasteiger partial charge on any atom is -0.391 e. The summed E-state index contributed by atoms with van der Waals surface area (Å²) < 4.78 is 1.65.